The van der Waals surface area contributed by atoms with Crippen LogP contribution in [-0.4, -0.2) is 11.1 Å². The predicted molar refractivity (Wildman–Crippen MR) is 79.6 cm³/mol. The van der Waals surface area contributed by atoms with Crippen molar-refractivity contribution in [2.75, 3.05) is 0 Å². The molecule has 0 heterocycles. The molecule has 3 rings (SSSR count). The molecule has 1 aliphatic rings. The number of rotatable bonds is 2. The Balaban J connectivity index is 2.34. The molecule has 1 unspecified atom stereocenters. The quantitative estimate of drug-likeness (QED) is 0.894. The van der Waals surface area contributed by atoms with Crippen LogP contribution in [0.2, 0.25) is 0 Å². The summed E-state index contributed by atoms with van der Waals surface area (Å²) >= 11 is 0. The number of aliphatic carboxylic acids is 1. The van der Waals surface area contributed by atoms with E-state index in [4.69, 9.17) is 0 Å². The van der Waals surface area contributed by atoms with Crippen molar-refractivity contribution in [3.63, 3.8) is 0 Å². The van der Waals surface area contributed by atoms with Crippen LogP contribution in [0.5, 0.6) is 0 Å². The van der Waals surface area contributed by atoms with Crippen molar-refractivity contribution in [3.8, 4) is 0 Å². The molecular weight excluding hydrogens is 248 g/mol. The second-order valence-corrected chi connectivity index (χ2v) is 5.34. The molecule has 20 heavy (non-hydrogen) atoms. The molecule has 0 amide bonds. The molecule has 0 aliphatic heterocycles. The van der Waals surface area contributed by atoms with E-state index >= 15 is 0 Å². The highest BCUT2D eigenvalue weighted by Gasteiger charge is 2.45. The number of benzene rings is 2. The van der Waals surface area contributed by atoms with E-state index in [1.54, 1.807) is 6.92 Å². The molecule has 0 saturated heterocycles. The van der Waals surface area contributed by atoms with Crippen molar-refractivity contribution >= 4 is 11.5 Å². The van der Waals surface area contributed by atoms with Crippen LogP contribution in [0.4, 0.5) is 0 Å². The van der Waals surface area contributed by atoms with E-state index in [0.717, 1.165) is 27.8 Å². The van der Waals surface area contributed by atoms with E-state index in [0.29, 0.717) is 0 Å². The van der Waals surface area contributed by atoms with Gasteiger partial charge in [-0.2, -0.15) is 0 Å². The molecule has 1 N–H and O–H groups in total. The molecule has 2 aromatic rings. The van der Waals surface area contributed by atoms with Crippen LogP contribution in [-0.2, 0) is 10.2 Å². The third kappa shape index (κ3) is 1.54. The Morgan fingerprint density at radius 1 is 1.00 bits per heavy atom. The first-order valence-electron chi connectivity index (χ1n) is 6.67. The molecule has 100 valence electrons. The van der Waals surface area contributed by atoms with Gasteiger partial charge in [0.25, 0.3) is 0 Å². The van der Waals surface area contributed by atoms with Gasteiger partial charge < -0.3 is 5.11 Å². The summed E-state index contributed by atoms with van der Waals surface area (Å²) in [5.41, 5.74) is 3.98. The third-order valence-electron chi connectivity index (χ3n) is 4.35. The first kappa shape index (κ1) is 12.7. The lowest BCUT2D eigenvalue weighted by atomic mass is 9.80. The molecule has 2 heteroatoms. The zero-order chi connectivity index (χ0) is 14.3. The second kappa shape index (κ2) is 4.34. The topological polar surface area (TPSA) is 37.3 Å². The Bertz CT molecular complexity index is 713. The van der Waals surface area contributed by atoms with Crippen LogP contribution in [0.15, 0.2) is 60.2 Å². The summed E-state index contributed by atoms with van der Waals surface area (Å²) in [4.78, 5) is 11.8. The highest BCUT2D eigenvalue weighted by Crippen LogP contribution is 2.48. The molecule has 0 aromatic heterocycles. The molecule has 0 saturated carbocycles. The molecule has 0 radical (unpaired) electrons. The van der Waals surface area contributed by atoms with Crippen LogP contribution in [0.3, 0.4) is 0 Å². The minimum atomic E-state index is -0.943. The first-order valence-corrected chi connectivity index (χ1v) is 6.67. The molecule has 0 spiro atoms. The number of fused-ring (bicyclic) bond motifs is 1. The third-order valence-corrected chi connectivity index (χ3v) is 4.35. The van der Waals surface area contributed by atoms with Gasteiger partial charge in [0.2, 0.25) is 0 Å². The van der Waals surface area contributed by atoms with Crippen molar-refractivity contribution in [1.82, 2.24) is 0 Å². The molecule has 0 bridgehead atoms. The maximum Gasteiger partial charge on any atom is 0.318 e. The lowest BCUT2D eigenvalue weighted by molar-refractivity contribution is -0.141. The zero-order valence-electron chi connectivity index (χ0n) is 11.6. The molecular formula is C18H16O2. The van der Waals surface area contributed by atoms with Crippen LogP contribution in [0.1, 0.15) is 30.5 Å². The molecule has 0 fully saturated rings. The Kier molecular flexibility index (Phi) is 2.75. The van der Waals surface area contributed by atoms with Gasteiger partial charge in [0.1, 0.15) is 5.41 Å². The maximum absolute atomic E-state index is 11.8. The largest absolute Gasteiger partial charge is 0.480 e. The van der Waals surface area contributed by atoms with E-state index in [2.05, 4.69) is 0 Å². The number of carboxylic acids is 1. The number of carbonyl (C=O) groups is 1. The average molecular weight is 264 g/mol. The van der Waals surface area contributed by atoms with E-state index in [1.165, 1.54) is 0 Å². The minimum absolute atomic E-state index is 0.798. The molecule has 2 aromatic carbocycles. The van der Waals surface area contributed by atoms with E-state index in [1.807, 2.05) is 61.5 Å². The van der Waals surface area contributed by atoms with Crippen molar-refractivity contribution < 1.29 is 9.90 Å². The van der Waals surface area contributed by atoms with Crippen LogP contribution in [0.25, 0.3) is 5.57 Å². The Morgan fingerprint density at radius 2 is 1.60 bits per heavy atom. The van der Waals surface area contributed by atoms with E-state index < -0.39 is 11.4 Å². The second-order valence-electron chi connectivity index (χ2n) is 5.34. The summed E-state index contributed by atoms with van der Waals surface area (Å²) in [5, 5.41) is 9.72. The SMILES string of the molecule is CC1=C(c2ccccc2)c2ccccc2C1(C)C(=O)O. The van der Waals surface area contributed by atoms with Gasteiger partial charge in [0.15, 0.2) is 0 Å². The lowest BCUT2D eigenvalue weighted by Crippen LogP contribution is -2.31. The highest BCUT2D eigenvalue weighted by molar-refractivity contribution is 5.99. The summed E-state index contributed by atoms with van der Waals surface area (Å²) in [5.74, 6) is -0.798. The van der Waals surface area contributed by atoms with Gasteiger partial charge in [-0.1, -0.05) is 54.6 Å². The zero-order valence-corrected chi connectivity index (χ0v) is 11.6. The summed E-state index contributed by atoms with van der Waals surface area (Å²) in [7, 11) is 0. The molecule has 1 aliphatic carbocycles. The number of hydrogen-bond donors (Lipinski definition) is 1. The Labute approximate surface area is 118 Å². The number of hydrogen-bond acceptors (Lipinski definition) is 1. The van der Waals surface area contributed by atoms with Gasteiger partial charge in [-0.05, 0) is 41.7 Å². The standard InChI is InChI=1S/C18H16O2/c1-12-16(13-8-4-3-5-9-13)14-10-6-7-11-15(14)18(12,2)17(19)20/h3-11H,1-2H3,(H,19,20). The Hall–Kier alpha value is -2.35. The summed E-state index contributed by atoms with van der Waals surface area (Å²) in [6.07, 6.45) is 0. The fourth-order valence-corrected chi connectivity index (χ4v) is 3.04. The lowest BCUT2D eigenvalue weighted by Gasteiger charge is -2.22. The fourth-order valence-electron chi connectivity index (χ4n) is 3.04. The summed E-state index contributed by atoms with van der Waals surface area (Å²) in [6, 6.07) is 17.8. The van der Waals surface area contributed by atoms with Gasteiger partial charge in [-0.3, -0.25) is 4.79 Å². The van der Waals surface area contributed by atoms with Crippen LogP contribution in [0, 0.1) is 0 Å². The van der Waals surface area contributed by atoms with Crippen LogP contribution < -0.4 is 0 Å². The summed E-state index contributed by atoms with van der Waals surface area (Å²) < 4.78 is 0. The smallest absolute Gasteiger partial charge is 0.318 e. The van der Waals surface area contributed by atoms with Crippen molar-refractivity contribution in [2.24, 2.45) is 0 Å². The van der Waals surface area contributed by atoms with E-state index in [-0.39, 0.29) is 0 Å². The van der Waals surface area contributed by atoms with Crippen molar-refractivity contribution in [1.29, 1.82) is 0 Å². The van der Waals surface area contributed by atoms with E-state index in [9.17, 15) is 9.90 Å². The highest BCUT2D eigenvalue weighted by atomic mass is 16.4. The molecule has 2 nitrogen and oxygen atoms in total. The van der Waals surface area contributed by atoms with Gasteiger partial charge in [0.05, 0.1) is 0 Å². The monoisotopic (exact) mass is 264 g/mol. The van der Waals surface area contributed by atoms with Crippen molar-refractivity contribution in [2.45, 2.75) is 19.3 Å². The first-order chi connectivity index (χ1) is 9.56. The van der Waals surface area contributed by atoms with Gasteiger partial charge in [0, 0.05) is 0 Å². The van der Waals surface area contributed by atoms with Gasteiger partial charge in [-0.15, -0.1) is 0 Å². The maximum atomic E-state index is 11.8. The van der Waals surface area contributed by atoms with Gasteiger partial charge in [-0.25, -0.2) is 0 Å². The predicted octanol–water partition coefficient (Wildman–Crippen LogP) is 3.86. The normalized spacial score (nSPS) is 20.9. The number of carboxylic acid groups (broad SMARTS) is 1. The molecule has 1 atom stereocenters. The average Bonchev–Trinajstić information content (AvgIpc) is 2.70. The van der Waals surface area contributed by atoms with Gasteiger partial charge >= 0.3 is 5.97 Å². The Morgan fingerprint density at radius 3 is 2.25 bits per heavy atom. The van der Waals surface area contributed by atoms with Crippen LogP contribution >= 0.6 is 0 Å². The minimum Gasteiger partial charge on any atom is -0.480 e. The fraction of sp³-hybridized carbons (Fsp3) is 0.167. The van der Waals surface area contributed by atoms with Crippen molar-refractivity contribution in [3.05, 3.63) is 76.9 Å². The summed E-state index contributed by atoms with van der Waals surface area (Å²) in [6.45, 7) is 3.72.